The molecule has 0 saturated heterocycles. The molecule has 172 valence electrons. The molecule has 8 heteroatoms. The maximum atomic E-state index is 12.9. The van der Waals surface area contributed by atoms with E-state index in [1.807, 2.05) is 60.6 Å². The first-order chi connectivity index (χ1) is 13.9. The van der Waals surface area contributed by atoms with Gasteiger partial charge in [-0.05, 0) is 61.0 Å². The molecule has 0 radical (unpaired) electrons. The van der Waals surface area contributed by atoms with Gasteiger partial charge in [-0.15, -0.1) is 0 Å². The van der Waals surface area contributed by atoms with E-state index in [2.05, 4.69) is 10.2 Å². The van der Waals surface area contributed by atoms with Crippen LogP contribution in [0.2, 0.25) is 0 Å². The van der Waals surface area contributed by atoms with Gasteiger partial charge < -0.3 is 19.3 Å². The van der Waals surface area contributed by atoms with Gasteiger partial charge in [0, 0.05) is 42.0 Å². The van der Waals surface area contributed by atoms with Crippen LogP contribution in [-0.2, 0) is 16.7 Å². The molecule has 0 bridgehead atoms. The summed E-state index contributed by atoms with van der Waals surface area (Å²) in [6.45, 7) is 17.3. The first-order valence-electron chi connectivity index (χ1n) is 10.8. The molecule has 0 aliphatic rings. The molecule has 1 aromatic rings. The fourth-order valence-electron chi connectivity index (χ4n) is 2.96. The molecule has 1 rings (SSSR count). The molecule has 0 saturated carbocycles. The topological polar surface area (TPSA) is 79.0 Å². The van der Waals surface area contributed by atoms with E-state index in [4.69, 9.17) is 4.18 Å². The molecule has 7 nitrogen and oxygen atoms in total. The SMILES string of the molecule is CCC(C)N(Cc1ccc(N(CC)CC)cc1OS(=O)(=O)CC)C(=O)NC(C)(C)C. The summed E-state index contributed by atoms with van der Waals surface area (Å²) >= 11 is 0. The first-order valence-corrected chi connectivity index (χ1v) is 12.3. The van der Waals surface area contributed by atoms with Crippen LogP contribution in [0, 0.1) is 0 Å². The summed E-state index contributed by atoms with van der Waals surface area (Å²) in [5, 5.41) is 3.00. The van der Waals surface area contributed by atoms with Gasteiger partial charge in [0.1, 0.15) is 5.75 Å². The fraction of sp³-hybridized carbons (Fsp3) is 0.682. The lowest BCUT2D eigenvalue weighted by Crippen LogP contribution is -2.50. The van der Waals surface area contributed by atoms with Crippen molar-refractivity contribution >= 4 is 21.8 Å². The van der Waals surface area contributed by atoms with E-state index in [0.717, 1.165) is 25.2 Å². The van der Waals surface area contributed by atoms with Crippen molar-refractivity contribution in [3.05, 3.63) is 23.8 Å². The number of benzene rings is 1. The van der Waals surface area contributed by atoms with Crippen molar-refractivity contribution in [3.8, 4) is 5.75 Å². The predicted molar refractivity (Wildman–Crippen MR) is 124 cm³/mol. The zero-order valence-electron chi connectivity index (χ0n) is 19.8. The number of carbonyl (C=O) groups is 1. The van der Waals surface area contributed by atoms with Crippen LogP contribution in [0.3, 0.4) is 0 Å². The van der Waals surface area contributed by atoms with Crippen LogP contribution in [-0.4, -0.2) is 49.8 Å². The number of anilines is 1. The third-order valence-electron chi connectivity index (χ3n) is 4.96. The number of hydrogen-bond donors (Lipinski definition) is 1. The zero-order chi connectivity index (χ0) is 23.1. The average molecular weight is 442 g/mol. The van der Waals surface area contributed by atoms with Crippen molar-refractivity contribution in [2.45, 2.75) is 79.9 Å². The number of urea groups is 1. The lowest BCUT2D eigenvalue weighted by Gasteiger charge is -2.33. The largest absolute Gasteiger partial charge is 0.382 e. The van der Waals surface area contributed by atoms with Crippen LogP contribution in [0.1, 0.15) is 67.4 Å². The van der Waals surface area contributed by atoms with E-state index in [-0.39, 0.29) is 35.7 Å². The van der Waals surface area contributed by atoms with Crippen molar-refractivity contribution in [2.24, 2.45) is 0 Å². The maximum absolute atomic E-state index is 12.9. The Morgan fingerprint density at radius 1 is 1.13 bits per heavy atom. The summed E-state index contributed by atoms with van der Waals surface area (Å²) in [7, 11) is -3.70. The summed E-state index contributed by atoms with van der Waals surface area (Å²) in [4.78, 5) is 16.8. The number of amides is 2. The van der Waals surface area contributed by atoms with Gasteiger partial charge in [-0.2, -0.15) is 8.42 Å². The van der Waals surface area contributed by atoms with Crippen LogP contribution in [0.25, 0.3) is 0 Å². The van der Waals surface area contributed by atoms with E-state index < -0.39 is 10.1 Å². The fourth-order valence-corrected chi connectivity index (χ4v) is 3.50. The Bertz CT molecular complexity index is 799. The second-order valence-electron chi connectivity index (χ2n) is 8.46. The van der Waals surface area contributed by atoms with Crippen LogP contribution < -0.4 is 14.4 Å². The number of hydrogen-bond acceptors (Lipinski definition) is 5. The van der Waals surface area contributed by atoms with Gasteiger partial charge in [-0.1, -0.05) is 13.0 Å². The molecule has 0 aliphatic heterocycles. The van der Waals surface area contributed by atoms with Crippen molar-refractivity contribution in [1.82, 2.24) is 10.2 Å². The third-order valence-corrected chi connectivity index (χ3v) is 6.10. The molecule has 1 aromatic carbocycles. The van der Waals surface area contributed by atoms with Crippen molar-refractivity contribution in [2.75, 3.05) is 23.7 Å². The van der Waals surface area contributed by atoms with E-state index in [0.29, 0.717) is 5.56 Å². The highest BCUT2D eigenvalue weighted by Crippen LogP contribution is 2.29. The maximum Gasteiger partial charge on any atom is 0.318 e. The molecule has 0 heterocycles. The first kappa shape index (κ1) is 26.1. The predicted octanol–water partition coefficient (Wildman–Crippen LogP) is 4.37. The van der Waals surface area contributed by atoms with Gasteiger partial charge in [0.15, 0.2) is 0 Å². The zero-order valence-corrected chi connectivity index (χ0v) is 20.6. The van der Waals surface area contributed by atoms with Gasteiger partial charge in [0.2, 0.25) is 0 Å². The molecule has 1 N–H and O–H groups in total. The molecular weight excluding hydrogens is 402 g/mol. The van der Waals surface area contributed by atoms with Gasteiger partial charge >= 0.3 is 16.1 Å². The van der Waals surface area contributed by atoms with Gasteiger partial charge in [0.25, 0.3) is 0 Å². The van der Waals surface area contributed by atoms with Gasteiger partial charge in [-0.3, -0.25) is 0 Å². The quantitative estimate of drug-likeness (QED) is 0.546. The van der Waals surface area contributed by atoms with E-state index in [1.165, 1.54) is 0 Å². The van der Waals surface area contributed by atoms with E-state index in [1.54, 1.807) is 17.9 Å². The lowest BCUT2D eigenvalue weighted by atomic mass is 10.1. The van der Waals surface area contributed by atoms with Crippen molar-refractivity contribution in [3.63, 3.8) is 0 Å². The Kier molecular flexibility index (Phi) is 9.46. The van der Waals surface area contributed by atoms with Crippen LogP contribution in [0.4, 0.5) is 10.5 Å². The number of carbonyl (C=O) groups excluding carboxylic acids is 1. The third kappa shape index (κ3) is 7.70. The van der Waals surface area contributed by atoms with Gasteiger partial charge in [-0.25, -0.2) is 4.79 Å². The molecule has 0 aromatic heterocycles. The standard InChI is InChI=1S/C22H39N3O4S/c1-9-17(5)25(21(26)23-22(6,7)8)16-18-13-14-19(24(10-2)11-3)15-20(18)29-30(27,28)12-4/h13-15,17H,9-12,16H2,1-8H3,(H,23,26). The highest BCUT2D eigenvalue weighted by atomic mass is 32.2. The molecule has 0 aliphatic carbocycles. The minimum absolute atomic E-state index is 0.0227. The minimum atomic E-state index is -3.70. The highest BCUT2D eigenvalue weighted by Gasteiger charge is 2.25. The smallest absolute Gasteiger partial charge is 0.318 e. The number of nitrogens with one attached hydrogen (secondary N) is 1. The van der Waals surface area contributed by atoms with Crippen molar-refractivity contribution < 1.29 is 17.4 Å². The van der Waals surface area contributed by atoms with Crippen LogP contribution >= 0.6 is 0 Å². The summed E-state index contributed by atoms with van der Waals surface area (Å²) < 4.78 is 29.9. The number of rotatable bonds is 10. The van der Waals surface area contributed by atoms with Crippen LogP contribution in [0.5, 0.6) is 5.75 Å². The Morgan fingerprint density at radius 3 is 2.20 bits per heavy atom. The molecule has 1 unspecified atom stereocenters. The van der Waals surface area contributed by atoms with E-state index >= 15 is 0 Å². The minimum Gasteiger partial charge on any atom is -0.382 e. The monoisotopic (exact) mass is 441 g/mol. The summed E-state index contributed by atoms with van der Waals surface area (Å²) in [5.74, 6) is 0.153. The lowest BCUT2D eigenvalue weighted by molar-refractivity contribution is 0.164. The molecular formula is C22H39N3O4S. The average Bonchev–Trinajstić information content (AvgIpc) is 2.66. The summed E-state index contributed by atoms with van der Waals surface area (Å²) in [6.07, 6.45) is 0.776. The second-order valence-corrected chi connectivity index (χ2v) is 10.3. The van der Waals surface area contributed by atoms with Gasteiger partial charge in [0.05, 0.1) is 12.3 Å². The normalized spacial score (nSPS) is 12.9. The van der Waals surface area contributed by atoms with Crippen LogP contribution in [0.15, 0.2) is 18.2 Å². The number of nitrogens with zero attached hydrogens (tertiary/aromatic N) is 2. The summed E-state index contributed by atoms with van der Waals surface area (Å²) in [5.41, 5.74) is 1.17. The Hall–Kier alpha value is -1.96. The van der Waals surface area contributed by atoms with Crippen molar-refractivity contribution in [1.29, 1.82) is 0 Å². The molecule has 0 fully saturated rings. The molecule has 0 spiro atoms. The summed E-state index contributed by atoms with van der Waals surface area (Å²) in [6, 6.07) is 5.35. The molecule has 30 heavy (non-hydrogen) atoms. The molecule has 2 amide bonds. The Morgan fingerprint density at radius 2 is 1.73 bits per heavy atom. The van der Waals surface area contributed by atoms with E-state index in [9.17, 15) is 13.2 Å². The highest BCUT2D eigenvalue weighted by molar-refractivity contribution is 7.87. The molecule has 1 atom stereocenters. The Labute approximate surface area is 182 Å². The Balaban J connectivity index is 3.38. The second kappa shape index (κ2) is 10.9.